The standard InChI is InChI=1S/C30H34N4O7S/c1-2-3-19-40-30(39)34-17-15-33(16-18-34)29(38)23(13-14-26(35)36)31-27(37)24-20-42-28(32-24)22-11-7-8-12-25(22)41-21-9-5-4-6-10-21/h4-12,20,23H,2-3,13-19H2,1H3,(H,31,37)(H,35,36)/t23-/m0/s1. The van der Waals surface area contributed by atoms with Crippen LogP contribution < -0.4 is 10.1 Å². The lowest BCUT2D eigenvalue weighted by molar-refractivity contribution is -0.138. The van der Waals surface area contributed by atoms with Crippen LogP contribution >= 0.6 is 11.3 Å². The van der Waals surface area contributed by atoms with Gasteiger partial charge in [0.15, 0.2) is 0 Å². The lowest BCUT2D eigenvalue weighted by Gasteiger charge is -2.36. The van der Waals surface area contributed by atoms with Gasteiger partial charge in [-0.25, -0.2) is 9.78 Å². The van der Waals surface area contributed by atoms with Crippen LogP contribution in [0.15, 0.2) is 60.0 Å². The highest BCUT2D eigenvalue weighted by molar-refractivity contribution is 7.13. The molecule has 1 saturated heterocycles. The molecule has 1 fully saturated rings. The molecule has 0 bridgehead atoms. The minimum Gasteiger partial charge on any atom is -0.481 e. The first-order valence-corrected chi connectivity index (χ1v) is 14.7. The number of carbonyl (C=O) groups is 4. The van der Waals surface area contributed by atoms with Gasteiger partial charge in [-0.05, 0) is 37.1 Å². The van der Waals surface area contributed by atoms with Crippen molar-refractivity contribution in [2.75, 3.05) is 32.8 Å². The second-order valence-corrected chi connectivity index (χ2v) is 10.5. The molecule has 0 radical (unpaired) electrons. The molecule has 3 aromatic rings. The Hall–Kier alpha value is -4.45. The molecular formula is C30H34N4O7S. The van der Waals surface area contributed by atoms with Crippen molar-refractivity contribution in [2.24, 2.45) is 0 Å². The average Bonchev–Trinajstić information content (AvgIpc) is 3.50. The van der Waals surface area contributed by atoms with Crippen LogP contribution in [0.4, 0.5) is 4.79 Å². The summed E-state index contributed by atoms with van der Waals surface area (Å²) in [5.41, 5.74) is 0.812. The second kappa shape index (κ2) is 15.0. The summed E-state index contributed by atoms with van der Waals surface area (Å²) in [5.74, 6) is -0.824. The lowest BCUT2D eigenvalue weighted by Crippen LogP contribution is -2.56. The average molecular weight is 595 g/mol. The normalized spacial score (nSPS) is 13.7. The number of aromatic nitrogens is 1. The van der Waals surface area contributed by atoms with E-state index in [1.54, 1.807) is 10.3 Å². The molecule has 1 aliphatic rings. The van der Waals surface area contributed by atoms with Crippen molar-refractivity contribution in [1.29, 1.82) is 0 Å². The third-order valence-corrected chi connectivity index (χ3v) is 7.52. The van der Waals surface area contributed by atoms with Gasteiger partial charge in [0.2, 0.25) is 5.91 Å². The zero-order valence-electron chi connectivity index (χ0n) is 23.4. The van der Waals surface area contributed by atoms with Gasteiger partial charge in [0.05, 0.1) is 12.2 Å². The largest absolute Gasteiger partial charge is 0.481 e. The van der Waals surface area contributed by atoms with Gasteiger partial charge in [0.25, 0.3) is 5.91 Å². The van der Waals surface area contributed by atoms with Crippen LogP contribution in [0, 0.1) is 0 Å². The van der Waals surface area contributed by atoms with Crippen LogP contribution in [-0.4, -0.2) is 82.6 Å². The number of hydrogen-bond acceptors (Lipinski definition) is 8. The van der Waals surface area contributed by atoms with Crippen molar-refractivity contribution in [3.8, 4) is 22.1 Å². The number of amides is 3. The monoisotopic (exact) mass is 594 g/mol. The highest BCUT2D eigenvalue weighted by atomic mass is 32.1. The minimum atomic E-state index is -1.08. The van der Waals surface area contributed by atoms with Crippen LogP contribution in [0.1, 0.15) is 43.1 Å². The summed E-state index contributed by atoms with van der Waals surface area (Å²) in [6.07, 6.45) is 0.902. The molecule has 0 saturated carbocycles. The predicted molar refractivity (Wildman–Crippen MR) is 157 cm³/mol. The molecule has 1 aliphatic heterocycles. The molecule has 2 aromatic carbocycles. The fourth-order valence-corrected chi connectivity index (χ4v) is 5.16. The Kier molecular flexibility index (Phi) is 10.9. The molecule has 2 N–H and O–H groups in total. The number of nitrogens with zero attached hydrogens (tertiary/aromatic N) is 3. The quantitative estimate of drug-likeness (QED) is 0.289. The molecule has 3 amide bonds. The van der Waals surface area contributed by atoms with Crippen molar-refractivity contribution in [1.82, 2.24) is 20.1 Å². The van der Waals surface area contributed by atoms with Crippen LogP contribution in [0.3, 0.4) is 0 Å². The van der Waals surface area contributed by atoms with E-state index in [-0.39, 0.29) is 44.7 Å². The molecule has 12 heteroatoms. The molecule has 11 nitrogen and oxygen atoms in total. The number of thiazole rings is 1. The number of ether oxygens (including phenoxy) is 2. The van der Waals surface area contributed by atoms with Gasteiger partial charge in [-0.15, -0.1) is 11.3 Å². The maximum absolute atomic E-state index is 13.4. The Morgan fingerprint density at radius 3 is 2.40 bits per heavy atom. The number of piperazine rings is 1. The van der Waals surface area contributed by atoms with Crippen LogP contribution in [0.25, 0.3) is 10.6 Å². The number of aliphatic carboxylic acids is 1. The van der Waals surface area contributed by atoms with Gasteiger partial charge in [-0.2, -0.15) is 0 Å². The summed E-state index contributed by atoms with van der Waals surface area (Å²) in [6, 6.07) is 15.6. The molecule has 4 rings (SSSR count). The molecule has 1 atom stereocenters. The van der Waals surface area contributed by atoms with Crippen molar-refractivity contribution < 1.29 is 33.8 Å². The molecule has 222 valence electrons. The number of carboxylic acid groups (broad SMARTS) is 1. The third-order valence-electron chi connectivity index (χ3n) is 6.65. The van der Waals surface area contributed by atoms with E-state index >= 15 is 0 Å². The molecular weight excluding hydrogens is 560 g/mol. The fraction of sp³-hybridized carbons (Fsp3) is 0.367. The van der Waals surface area contributed by atoms with E-state index in [1.807, 2.05) is 61.5 Å². The Morgan fingerprint density at radius 2 is 1.69 bits per heavy atom. The van der Waals surface area contributed by atoms with Crippen molar-refractivity contribution in [3.05, 3.63) is 65.7 Å². The Bertz CT molecular complexity index is 1370. The van der Waals surface area contributed by atoms with Gasteiger partial charge in [0.1, 0.15) is 28.2 Å². The number of nitrogens with one attached hydrogen (secondary N) is 1. The van der Waals surface area contributed by atoms with E-state index in [2.05, 4.69) is 10.3 Å². The van der Waals surface area contributed by atoms with Crippen molar-refractivity contribution in [3.63, 3.8) is 0 Å². The number of carbonyl (C=O) groups excluding carboxylic acids is 3. The Labute approximate surface area is 248 Å². The van der Waals surface area contributed by atoms with Gasteiger partial charge in [0, 0.05) is 38.0 Å². The molecule has 1 aromatic heterocycles. The Morgan fingerprint density at radius 1 is 1.00 bits per heavy atom. The summed E-state index contributed by atoms with van der Waals surface area (Å²) < 4.78 is 11.3. The van der Waals surface area contributed by atoms with Crippen LogP contribution in [0.5, 0.6) is 11.5 Å². The van der Waals surface area contributed by atoms with E-state index in [4.69, 9.17) is 9.47 Å². The number of carboxylic acids is 1. The van der Waals surface area contributed by atoms with E-state index in [9.17, 15) is 24.3 Å². The smallest absolute Gasteiger partial charge is 0.409 e. The van der Waals surface area contributed by atoms with Crippen LogP contribution in [-0.2, 0) is 14.3 Å². The molecule has 2 heterocycles. The summed E-state index contributed by atoms with van der Waals surface area (Å²) in [5, 5.41) is 14.1. The number of benzene rings is 2. The van der Waals surface area contributed by atoms with E-state index in [1.165, 1.54) is 16.2 Å². The van der Waals surface area contributed by atoms with Gasteiger partial charge in [-0.1, -0.05) is 43.7 Å². The summed E-state index contributed by atoms with van der Waals surface area (Å²) in [4.78, 5) is 57.6. The van der Waals surface area contributed by atoms with E-state index in [0.717, 1.165) is 12.8 Å². The molecule has 42 heavy (non-hydrogen) atoms. The summed E-state index contributed by atoms with van der Waals surface area (Å²) >= 11 is 1.26. The highest BCUT2D eigenvalue weighted by Gasteiger charge is 2.31. The number of rotatable bonds is 12. The van der Waals surface area contributed by atoms with Gasteiger partial charge < -0.3 is 29.7 Å². The van der Waals surface area contributed by atoms with E-state index in [0.29, 0.717) is 28.7 Å². The van der Waals surface area contributed by atoms with Gasteiger partial charge in [-0.3, -0.25) is 14.4 Å². The summed E-state index contributed by atoms with van der Waals surface area (Å²) in [7, 11) is 0. The number of unbranched alkanes of at least 4 members (excludes halogenated alkanes) is 1. The zero-order chi connectivity index (χ0) is 29.9. The lowest BCUT2D eigenvalue weighted by atomic mass is 10.1. The first-order valence-electron chi connectivity index (χ1n) is 13.9. The second-order valence-electron chi connectivity index (χ2n) is 9.69. The molecule has 0 unspecified atom stereocenters. The van der Waals surface area contributed by atoms with E-state index < -0.39 is 29.9 Å². The van der Waals surface area contributed by atoms with Crippen LogP contribution in [0.2, 0.25) is 0 Å². The summed E-state index contributed by atoms with van der Waals surface area (Å²) in [6.45, 7) is 3.43. The minimum absolute atomic E-state index is 0.0794. The Balaban J connectivity index is 1.41. The molecule has 0 spiro atoms. The van der Waals surface area contributed by atoms with Gasteiger partial charge >= 0.3 is 12.1 Å². The van der Waals surface area contributed by atoms with Crippen molar-refractivity contribution in [2.45, 2.75) is 38.6 Å². The number of hydrogen-bond donors (Lipinski definition) is 2. The zero-order valence-corrected chi connectivity index (χ0v) is 24.2. The maximum atomic E-state index is 13.4. The SMILES string of the molecule is CCCCOC(=O)N1CCN(C(=O)[C@H](CCC(=O)O)NC(=O)c2csc(-c3ccccc3Oc3ccccc3)n2)CC1. The number of para-hydroxylation sites is 2. The van der Waals surface area contributed by atoms with Crippen molar-refractivity contribution >= 4 is 35.2 Å². The highest BCUT2D eigenvalue weighted by Crippen LogP contribution is 2.35. The maximum Gasteiger partial charge on any atom is 0.409 e. The predicted octanol–water partition coefficient (Wildman–Crippen LogP) is 4.65. The first-order chi connectivity index (χ1) is 20.4. The molecule has 0 aliphatic carbocycles. The fourth-order valence-electron chi connectivity index (χ4n) is 4.33. The first kappa shape index (κ1) is 30.5. The third kappa shape index (κ3) is 8.29. The topological polar surface area (TPSA) is 138 Å².